The zero-order valence-corrected chi connectivity index (χ0v) is 6.92. The first-order chi connectivity index (χ1) is 5.11. The van der Waals surface area contributed by atoms with Crippen LogP contribution in [-0.4, -0.2) is 17.9 Å². The molecule has 3 unspecified atom stereocenters. The maximum absolute atomic E-state index is 11.0. The molecule has 1 rings (SSSR count). The molecule has 0 spiro atoms. The Hall–Kier alpha value is -0.410. The van der Waals surface area contributed by atoms with Gasteiger partial charge in [0.15, 0.2) is 0 Å². The monoisotopic (exact) mass is 156 g/mol. The lowest BCUT2D eigenvalue weighted by atomic mass is 9.81. The molecule has 4 N–H and O–H groups in total. The van der Waals surface area contributed by atoms with E-state index in [1.54, 1.807) is 6.92 Å². The number of rotatable bonds is 1. The highest BCUT2D eigenvalue weighted by Gasteiger charge is 2.27. The molecule has 0 aliphatic heterocycles. The van der Waals surface area contributed by atoms with E-state index in [0.29, 0.717) is 0 Å². The number of ketones is 1. The first-order valence-corrected chi connectivity index (χ1v) is 4.13. The van der Waals surface area contributed by atoms with Crippen LogP contribution in [0.3, 0.4) is 0 Å². The van der Waals surface area contributed by atoms with E-state index in [4.69, 9.17) is 11.5 Å². The molecular weight excluding hydrogens is 140 g/mol. The Morgan fingerprint density at radius 2 is 1.91 bits per heavy atom. The number of carbonyl (C=O) groups is 1. The van der Waals surface area contributed by atoms with Gasteiger partial charge >= 0.3 is 0 Å². The normalized spacial score (nSPS) is 38.6. The molecule has 0 aromatic rings. The molecule has 0 amide bonds. The Kier molecular flexibility index (Phi) is 2.62. The molecule has 0 heterocycles. The van der Waals surface area contributed by atoms with E-state index in [2.05, 4.69) is 0 Å². The first kappa shape index (κ1) is 8.68. The minimum atomic E-state index is 0.0256. The van der Waals surface area contributed by atoms with Crippen LogP contribution < -0.4 is 11.5 Å². The SMILES string of the molecule is CC(=O)C1CCC(N)C(N)C1. The summed E-state index contributed by atoms with van der Waals surface area (Å²) in [7, 11) is 0. The molecule has 11 heavy (non-hydrogen) atoms. The van der Waals surface area contributed by atoms with Crippen LogP contribution in [0.4, 0.5) is 0 Å². The Balaban J connectivity index is 2.46. The van der Waals surface area contributed by atoms with E-state index in [9.17, 15) is 4.79 Å². The minimum Gasteiger partial charge on any atom is -0.326 e. The Morgan fingerprint density at radius 3 is 2.36 bits per heavy atom. The molecule has 3 nitrogen and oxygen atoms in total. The van der Waals surface area contributed by atoms with Gasteiger partial charge in [0.05, 0.1) is 0 Å². The molecule has 0 aromatic carbocycles. The summed E-state index contributed by atoms with van der Waals surface area (Å²) in [5, 5.41) is 0. The van der Waals surface area contributed by atoms with Crippen molar-refractivity contribution in [1.82, 2.24) is 0 Å². The van der Waals surface area contributed by atoms with Gasteiger partial charge in [-0.1, -0.05) is 0 Å². The standard InChI is InChI=1S/C8H16N2O/c1-5(11)6-2-3-7(9)8(10)4-6/h6-8H,2-4,9-10H2,1H3. The summed E-state index contributed by atoms with van der Waals surface area (Å²) in [6.45, 7) is 1.63. The van der Waals surface area contributed by atoms with Crippen LogP contribution in [0.25, 0.3) is 0 Å². The van der Waals surface area contributed by atoms with Crippen molar-refractivity contribution < 1.29 is 4.79 Å². The molecule has 0 bridgehead atoms. The predicted molar refractivity (Wildman–Crippen MR) is 44.0 cm³/mol. The van der Waals surface area contributed by atoms with Gasteiger partial charge in [0.1, 0.15) is 5.78 Å². The number of hydrogen-bond acceptors (Lipinski definition) is 3. The van der Waals surface area contributed by atoms with Crippen LogP contribution >= 0.6 is 0 Å². The minimum absolute atomic E-state index is 0.0256. The number of hydrogen-bond donors (Lipinski definition) is 2. The van der Waals surface area contributed by atoms with Crippen molar-refractivity contribution in [3.63, 3.8) is 0 Å². The predicted octanol–water partition coefficient (Wildman–Crippen LogP) is 0.0301. The Morgan fingerprint density at radius 1 is 1.27 bits per heavy atom. The maximum atomic E-state index is 11.0. The fourth-order valence-corrected chi connectivity index (χ4v) is 1.60. The van der Waals surface area contributed by atoms with Crippen molar-refractivity contribution in [3.05, 3.63) is 0 Å². The number of nitrogens with two attached hydrogens (primary N) is 2. The summed E-state index contributed by atoms with van der Waals surface area (Å²) >= 11 is 0. The van der Waals surface area contributed by atoms with Crippen LogP contribution in [0, 0.1) is 5.92 Å². The second kappa shape index (κ2) is 3.32. The average molecular weight is 156 g/mol. The van der Waals surface area contributed by atoms with Gasteiger partial charge in [0.25, 0.3) is 0 Å². The first-order valence-electron chi connectivity index (χ1n) is 4.13. The van der Waals surface area contributed by atoms with Crippen molar-refractivity contribution in [2.75, 3.05) is 0 Å². The fraction of sp³-hybridized carbons (Fsp3) is 0.875. The highest BCUT2D eigenvalue weighted by atomic mass is 16.1. The molecule has 0 aromatic heterocycles. The third-order valence-electron chi connectivity index (χ3n) is 2.53. The third kappa shape index (κ3) is 2.01. The van der Waals surface area contributed by atoms with Gasteiger partial charge in [-0.15, -0.1) is 0 Å². The summed E-state index contributed by atoms with van der Waals surface area (Å²) in [4.78, 5) is 11.0. The maximum Gasteiger partial charge on any atom is 0.132 e. The van der Waals surface area contributed by atoms with E-state index in [0.717, 1.165) is 19.3 Å². The molecule has 1 aliphatic rings. The van der Waals surface area contributed by atoms with Crippen LogP contribution in [-0.2, 0) is 4.79 Å². The summed E-state index contributed by atoms with van der Waals surface area (Å²) < 4.78 is 0. The van der Waals surface area contributed by atoms with Crippen LogP contribution in [0.5, 0.6) is 0 Å². The van der Waals surface area contributed by atoms with Crippen molar-refractivity contribution in [3.8, 4) is 0 Å². The topological polar surface area (TPSA) is 69.1 Å². The van der Waals surface area contributed by atoms with Crippen LogP contribution in [0.2, 0.25) is 0 Å². The largest absolute Gasteiger partial charge is 0.326 e. The lowest BCUT2D eigenvalue weighted by Gasteiger charge is -2.30. The van der Waals surface area contributed by atoms with E-state index in [-0.39, 0.29) is 23.8 Å². The summed E-state index contributed by atoms with van der Waals surface area (Å²) in [6, 6.07) is 0.128. The van der Waals surface area contributed by atoms with E-state index in [1.807, 2.05) is 0 Å². The van der Waals surface area contributed by atoms with E-state index in [1.165, 1.54) is 0 Å². The zero-order chi connectivity index (χ0) is 8.43. The molecule has 3 atom stereocenters. The molecule has 64 valence electrons. The quantitative estimate of drug-likeness (QED) is 0.562. The number of Topliss-reactive ketones (excluding diaryl/α,β-unsaturated/α-hetero) is 1. The van der Waals surface area contributed by atoms with Crippen molar-refractivity contribution in [2.24, 2.45) is 17.4 Å². The molecular formula is C8H16N2O. The van der Waals surface area contributed by atoms with E-state index < -0.39 is 0 Å². The van der Waals surface area contributed by atoms with Gasteiger partial charge in [-0.05, 0) is 26.2 Å². The molecule has 3 heteroatoms. The molecule has 0 saturated heterocycles. The molecule has 1 aliphatic carbocycles. The van der Waals surface area contributed by atoms with Gasteiger partial charge < -0.3 is 11.5 Å². The lowest BCUT2D eigenvalue weighted by molar-refractivity contribution is -0.121. The fourth-order valence-electron chi connectivity index (χ4n) is 1.60. The van der Waals surface area contributed by atoms with Gasteiger partial charge in [0, 0.05) is 18.0 Å². The van der Waals surface area contributed by atoms with Gasteiger partial charge in [0.2, 0.25) is 0 Å². The third-order valence-corrected chi connectivity index (χ3v) is 2.53. The molecule has 1 saturated carbocycles. The zero-order valence-electron chi connectivity index (χ0n) is 6.92. The smallest absolute Gasteiger partial charge is 0.132 e. The van der Waals surface area contributed by atoms with Crippen LogP contribution in [0.15, 0.2) is 0 Å². The average Bonchev–Trinajstić information content (AvgIpc) is 1.94. The van der Waals surface area contributed by atoms with Crippen LogP contribution in [0.1, 0.15) is 26.2 Å². The van der Waals surface area contributed by atoms with Crippen molar-refractivity contribution in [1.29, 1.82) is 0 Å². The molecule has 1 fully saturated rings. The van der Waals surface area contributed by atoms with Crippen molar-refractivity contribution >= 4 is 5.78 Å². The number of carbonyl (C=O) groups excluding carboxylic acids is 1. The highest BCUT2D eigenvalue weighted by Crippen LogP contribution is 2.22. The summed E-state index contributed by atoms with van der Waals surface area (Å²) in [6.07, 6.45) is 2.59. The van der Waals surface area contributed by atoms with Gasteiger partial charge in [-0.2, -0.15) is 0 Å². The Labute approximate surface area is 67.1 Å². The van der Waals surface area contributed by atoms with Gasteiger partial charge in [-0.3, -0.25) is 4.79 Å². The highest BCUT2D eigenvalue weighted by molar-refractivity contribution is 5.78. The lowest BCUT2D eigenvalue weighted by Crippen LogP contribution is -2.46. The second-order valence-electron chi connectivity index (χ2n) is 3.45. The van der Waals surface area contributed by atoms with Gasteiger partial charge in [-0.25, -0.2) is 0 Å². The van der Waals surface area contributed by atoms with E-state index >= 15 is 0 Å². The van der Waals surface area contributed by atoms with Crippen molar-refractivity contribution in [2.45, 2.75) is 38.3 Å². The Bertz CT molecular complexity index is 158. The molecule has 0 radical (unpaired) electrons. The summed E-state index contributed by atoms with van der Waals surface area (Å²) in [5.41, 5.74) is 11.4. The summed E-state index contributed by atoms with van der Waals surface area (Å²) in [5.74, 6) is 0.428. The second-order valence-corrected chi connectivity index (χ2v) is 3.45.